The minimum atomic E-state index is -0.373. The van der Waals surface area contributed by atoms with Gasteiger partial charge in [0.25, 0.3) is 0 Å². The Hall–Kier alpha value is -1.14. The number of esters is 2. The summed E-state index contributed by atoms with van der Waals surface area (Å²) in [5.74, 6) is -0.746. The molecule has 0 aliphatic carbocycles. The third-order valence-electron chi connectivity index (χ3n) is 3.16. The molecule has 0 bridgehead atoms. The van der Waals surface area contributed by atoms with E-state index >= 15 is 0 Å². The van der Waals surface area contributed by atoms with E-state index in [0.29, 0.717) is 13.2 Å². The fourth-order valence-corrected chi connectivity index (χ4v) is 1.86. The second-order valence-electron chi connectivity index (χ2n) is 5.22. The molecule has 0 aromatic heterocycles. The Bertz CT molecular complexity index is 252. The van der Waals surface area contributed by atoms with E-state index in [4.69, 9.17) is 19.7 Å². The largest absolute Gasteiger partial charge is 0.466 e. The van der Waals surface area contributed by atoms with Gasteiger partial charge in [-0.15, -0.1) is 0 Å². The van der Waals surface area contributed by atoms with Crippen molar-refractivity contribution in [2.45, 2.75) is 64.2 Å². The maximum atomic E-state index is 11.4. The summed E-state index contributed by atoms with van der Waals surface area (Å²) >= 11 is 0. The summed E-state index contributed by atoms with van der Waals surface area (Å²) in [5, 5.41) is 17.2. The van der Waals surface area contributed by atoms with Crippen LogP contribution in [0, 0.1) is 0 Å². The van der Waals surface area contributed by atoms with E-state index in [2.05, 4.69) is 0 Å². The molecular formula is C16H30O6. The molecule has 0 fully saturated rings. The lowest BCUT2D eigenvalue weighted by Crippen LogP contribution is -2.11. The van der Waals surface area contributed by atoms with Crippen LogP contribution in [-0.2, 0) is 19.1 Å². The number of unbranched alkanes of at least 4 members (excludes halogenated alkanes) is 6. The van der Waals surface area contributed by atoms with Crippen molar-refractivity contribution in [2.75, 3.05) is 26.4 Å². The molecule has 6 nitrogen and oxygen atoms in total. The molecule has 0 amide bonds. The van der Waals surface area contributed by atoms with Gasteiger partial charge in [-0.05, 0) is 38.5 Å². The first-order valence-corrected chi connectivity index (χ1v) is 8.23. The summed E-state index contributed by atoms with van der Waals surface area (Å²) in [6.45, 7) is 1.13. The molecule has 0 atom stereocenters. The van der Waals surface area contributed by atoms with Gasteiger partial charge >= 0.3 is 11.9 Å². The minimum absolute atomic E-state index is 0.0555. The Balaban J connectivity index is 3.36. The highest BCUT2D eigenvalue weighted by molar-refractivity contribution is 5.77. The standard InChI is InChI=1S/C16H30O6/c17-11-5-1-3-7-13-21-15(19)9-10-16(20)22-14-8-4-2-6-12-18/h17-18H,1-14H2. The van der Waals surface area contributed by atoms with Crippen molar-refractivity contribution in [3.8, 4) is 0 Å². The second-order valence-corrected chi connectivity index (χ2v) is 5.22. The van der Waals surface area contributed by atoms with Crippen molar-refractivity contribution in [3.05, 3.63) is 0 Å². The van der Waals surface area contributed by atoms with Gasteiger partial charge in [-0.25, -0.2) is 0 Å². The molecule has 0 saturated carbocycles. The maximum absolute atomic E-state index is 11.4. The highest BCUT2D eigenvalue weighted by Crippen LogP contribution is 2.03. The van der Waals surface area contributed by atoms with Gasteiger partial charge in [-0.3, -0.25) is 9.59 Å². The van der Waals surface area contributed by atoms with E-state index in [1.54, 1.807) is 0 Å². The van der Waals surface area contributed by atoms with Gasteiger partial charge in [0.15, 0.2) is 0 Å². The number of carbonyl (C=O) groups excluding carboxylic acids is 2. The first-order chi connectivity index (χ1) is 10.7. The first-order valence-electron chi connectivity index (χ1n) is 8.23. The molecule has 0 spiro atoms. The van der Waals surface area contributed by atoms with Crippen LogP contribution in [0.5, 0.6) is 0 Å². The van der Waals surface area contributed by atoms with E-state index in [-0.39, 0.29) is 38.0 Å². The van der Waals surface area contributed by atoms with Crippen molar-refractivity contribution >= 4 is 11.9 Å². The zero-order chi connectivity index (χ0) is 16.5. The predicted molar refractivity (Wildman–Crippen MR) is 82.3 cm³/mol. The maximum Gasteiger partial charge on any atom is 0.306 e. The number of carbonyl (C=O) groups is 2. The zero-order valence-corrected chi connectivity index (χ0v) is 13.4. The van der Waals surface area contributed by atoms with Crippen LogP contribution in [0.1, 0.15) is 64.2 Å². The van der Waals surface area contributed by atoms with E-state index in [0.717, 1.165) is 51.4 Å². The van der Waals surface area contributed by atoms with Crippen LogP contribution in [0.3, 0.4) is 0 Å². The average Bonchev–Trinajstić information content (AvgIpc) is 2.52. The molecule has 0 unspecified atom stereocenters. The topological polar surface area (TPSA) is 93.1 Å². The van der Waals surface area contributed by atoms with Crippen molar-refractivity contribution in [1.82, 2.24) is 0 Å². The molecule has 2 N–H and O–H groups in total. The first kappa shape index (κ1) is 20.9. The second kappa shape index (κ2) is 16.2. The van der Waals surface area contributed by atoms with Crippen LogP contribution in [0.2, 0.25) is 0 Å². The molecule has 22 heavy (non-hydrogen) atoms. The molecular weight excluding hydrogens is 288 g/mol. The summed E-state index contributed by atoms with van der Waals surface area (Å²) in [6, 6.07) is 0. The van der Waals surface area contributed by atoms with Gasteiger partial charge in [-0.2, -0.15) is 0 Å². The molecule has 0 aromatic rings. The van der Waals surface area contributed by atoms with Crippen LogP contribution >= 0.6 is 0 Å². The number of ether oxygens (including phenoxy) is 2. The van der Waals surface area contributed by atoms with Crippen LogP contribution in [0.25, 0.3) is 0 Å². The van der Waals surface area contributed by atoms with E-state index in [1.807, 2.05) is 0 Å². The molecule has 130 valence electrons. The number of aliphatic hydroxyl groups excluding tert-OH is 2. The molecule has 6 heteroatoms. The Morgan fingerprint density at radius 3 is 1.32 bits per heavy atom. The Kier molecular flexibility index (Phi) is 15.4. The number of hydrogen-bond donors (Lipinski definition) is 2. The normalized spacial score (nSPS) is 10.5. The Morgan fingerprint density at radius 2 is 0.955 bits per heavy atom. The highest BCUT2D eigenvalue weighted by Gasteiger charge is 2.08. The van der Waals surface area contributed by atoms with Crippen molar-refractivity contribution in [3.63, 3.8) is 0 Å². The fraction of sp³-hybridized carbons (Fsp3) is 0.875. The number of aliphatic hydroxyl groups is 2. The van der Waals surface area contributed by atoms with Crippen LogP contribution in [0.4, 0.5) is 0 Å². The summed E-state index contributed by atoms with van der Waals surface area (Å²) in [4.78, 5) is 22.8. The lowest BCUT2D eigenvalue weighted by atomic mass is 10.2. The Labute approximate surface area is 132 Å². The number of rotatable bonds is 15. The van der Waals surface area contributed by atoms with Gasteiger partial charge < -0.3 is 19.7 Å². The minimum Gasteiger partial charge on any atom is -0.466 e. The Morgan fingerprint density at radius 1 is 0.591 bits per heavy atom. The monoisotopic (exact) mass is 318 g/mol. The van der Waals surface area contributed by atoms with Crippen LogP contribution in [0.15, 0.2) is 0 Å². The third-order valence-corrected chi connectivity index (χ3v) is 3.16. The van der Waals surface area contributed by atoms with Crippen molar-refractivity contribution in [2.24, 2.45) is 0 Å². The van der Waals surface area contributed by atoms with Crippen molar-refractivity contribution < 1.29 is 29.3 Å². The molecule has 0 saturated heterocycles. The summed E-state index contributed by atoms with van der Waals surface area (Å²) < 4.78 is 10.0. The quantitative estimate of drug-likeness (QED) is 0.354. The molecule has 0 aliphatic heterocycles. The zero-order valence-electron chi connectivity index (χ0n) is 13.4. The third kappa shape index (κ3) is 15.3. The molecule has 0 radical (unpaired) electrons. The summed E-state index contributed by atoms with van der Waals surface area (Å²) in [7, 11) is 0. The SMILES string of the molecule is O=C(CCC(=O)OCCCCCCO)OCCCCCCO. The number of hydrogen-bond acceptors (Lipinski definition) is 6. The molecule has 0 rings (SSSR count). The van der Waals surface area contributed by atoms with E-state index in [1.165, 1.54) is 0 Å². The smallest absolute Gasteiger partial charge is 0.306 e. The van der Waals surface area contributed by atoms with Gasteiger partial charge in [0, 0.05) is 13.2 Å². The molecule has 0 heterocycles. The van der Waals surface area contributed by atoms with Gasteiger partial charge in [0.05, 0.1) is 26.1 Å². The molecule has 0 aliphatic rings. The van der Waals surface area contributed by atoms with E-state index in [9.17, 15) is 9.59 Å². The van der Waals surface area contributed by atoms with Crippen molar-refractivity contribution in [1.29, 1.82) is 0 Å². The predicted octanol–water partition coefficient (Wildman–Crippen LogP) is 1.96. The fourth-order valence-electron chi connectivity index (χ4n) is 1.86. The van der Waals surface area contributed by atoms with Gasteiger partial charge in [0.1, 0.15) is 0 Å². The lowest BCUT2D eigenvalue weighted by molar-refractivity contribution is -0.150. The van der Waals surface area contributed by atoms with Gasteiger partial charge in [-0.1, -0.05) is 12.8 Å². The van der Waals surface area contributed by atoms with E-state index < -0.39 is 0 Å². The highest BCUT2D eigenvalue weighted by atomic mass is 16.5. The lowest BCUT2D eigenvalue weighted by Gasteiger charge is -2.06. The molecule has 0 aromatic carbocycles. The summed E-state index contributed by atoms with van der Waals surface area (Å²) in [5.41, 5.74) is 0. The van der Waals surface area contributed by atoms with Crippen LogP contribution < -0.4 is 0 Å². The van der Waals surface area contributed by atoms with Crippen LogP contribution in [-0.4, -0.2) is 48.6 Å². The van der Waals surface area contributed by atoms with Gasteiger partial charge in [0.2, 0.25) is 0 Å². The summed E-state index contributed by atoms with van der Waals surface area (Å²) in [6.07, 6.45) is 6.93. The average molecular weight is 318 g/mol.